The standard InChI is InChI=1S/C17H23FN2O3/c1-3-23-16(21)12-19-7-4-8-20(10-9-19)17(22)15-11-14(18)6-5-13(15)2/h5-6,11H,3-4,7-10,12H2,1-2H3. The first-order chi connectivity index (χ1) is 11.0. The van der Waals surface area contributed by atoms with Crippen LogP contribution < -0.4 is 0 Å². The first-order valence-electron chi connectivity index (χ1n) is 7.94. The minimum Gasteiger partial charge on any atom is -0.465 e. The van der Waals surface area contributed by atoms with E-state index in [0.717, 1.165) is 18.5 Å². The van der Waals surface area contributed by atoms with Crippen LogP contribution in [0.5, 0.6) is 0 Å². The molecule has 0 radical (unpaired) electrons. The smallest absolute Gasteiger partial charge is 0.320 e. The van der Waals surface area contributed by atoms with Gasteiger partial charge >= 0.3 is 5.97 Å². The van der Waals surface area contributed by atoms with Crippen molar-refractivity contribution >= 4 is 11.9 Å². The fourth-order valence-corrected chi connectivity index (χ4v) is 2.72. The highest BCUT2D eigenvalue weighted by molar-refractivity contribution is 5.95. The molecule has 0 aliphatic carbocycles. The molecule has 0 unspecified atom stereocenters. The summed E-state index contributed by atoms with van der Waals surface area (Å²) in [6, 6.07) is 4.27. The maximum Gasteiger partial charge on any atom is 0.320 e. The lowest BCUT2D eigenvalue weighted by Gasteiger charge is -2.22. The highest BCUT2D eigenvalue weighted by atomic mass is 19.1. The zero-order valence-corrected chi connectivity index (χ0v) is 13.7. The fraction of sp³-hybridized carbons (Fsp3) is 0.529. The van der Waals surface area contributed by atoms with Crippen LogP contribution in [0.25, 0.3) is 0 Å². The molecule has 126 valence electrons. The molecule has 1 aromatic rings. The van der Waals surface area contributed by atoms with Gasteiger partial charge in [-0.05, 0) is 38.0 Å². The van der Waals surface area contributed by atoms with Crippen molar-refractivity contribution in [2.75, 3.05) is 39.3 Å². The van der Waals surface area contributed by atoms with Gasteiger partial charge in [-0.15, -0.1) is 0 Å². The van der Waals surface area contributed by atoms with Crippen molar-refractivity contribution in [3.63, 3.8) is 0 Å². The van der Waals surface area contributed by atoms with E-state index in [1.54, 1.807) is 24.8 Å². The van der Waals surface area contributed by atoms with E-state index in [1.165, 1.54) is 12.1 Å². The molecule has 2 rings (SSSR count). The Morgan fingerprint density at radius 3 is 2.74 bits per heavy atom. The second-order valence-corrected chi connectivity index (χ2v) is 5.69. The van der Waals surface area contributed by atoms with Gasteiger partial charge in [0.05, 0.1) is 13.2 Å². The molecule has 1 heterocycles. The summed E-state index contributed by atoms with van der Waals surface area (Å²) >= 11 is 0. The van der Waals surface area contributed by atoms with Gasteiger partial charge in [0, 0.05) is 31.7 Å². The van der Waals surface area contributed by atoms with Crippen LogP contribution in [0.1, 0.15) is 29.3 Å². The Kier molecular flexibility index (Phi) is 6.10. The molecular weight excluding hydrogens is 299 g/mol. The van der Waals surface area contributed by atoms with Crippen LogP contribution in [0, 0.1) is 12.7 Å². The Bertz CT molecular complexity index is 577. The van der Waals surface area contributed by atoms with Gasteiger partial charge in [-0.25, -0.2) is 4.39 Å². The van der Waals surface area contributed by atoms with Crippen LogP contribution in [-0.2, 0) is 9.53 Å². The Hall–Kier alpha value is -1.95. The van der Waals surface area contributed by atoms with E-state index in [-0.39, 0.29) is 18.4 Å². The third-order valence-corrected chi connectivity index (χ3v) is 3.96. The van der Waals surface area contributed by atoms with Gasteiger partial charge in [0.15, 0.2) is 0 Å². The van der Waals surface area contributed by atoms with Crippen molar-refractivity contribution in [1.82, 2.24) is 9.80 Å². The molecular formula is C17H23FN2O3. The monoisotopic (exact) mass is 322 g/mol. The number of carbonyl (C=O) groups is 2. The Balaban J connectivity index is 1.98. The second-order valence-electron chi connectivity index (χ2n) is 5.69. The van der Waals surface area contributed by atoms with Crippen molar-refractivity contribution in [2.24, 2.45) is 0 Å². The van der Waals surface area contributed by atoms with Crippen molar-refractivity contribution in [3.8, 4) is 0 Å². The summed E-state index contributed by atoms with van der Waals surface area (Å²) in [4.78, 5) is 27.9. The molecule has 0 bridgehead atoms. The van der Waals surface area contributed by atoms with Gasteiger partial charge in [-0.3, -0.25) is 14.5 Å². The molecule has 1 aliphatic rings. The lowest BCUT2D eigenvalue weighted by molar-refractivity contribution is -0.144. The normalized spacial score (nSPS) is 16.0. The first-order valence-corrected chi connectivity index (χ1v) is 7.94. The summed E-state index contributed by atoms with van der Waals surface area (Å²) in [5.74, 6) is -0.800. The van der Waals surface area contributed by atoms with Crippen molar-refractivity contribution in [3.05, 3.63) is 35.1 Å². The zero-order chi connectivity index (χ0) is 16.8. The van der Waals surface area contributed by atoms with Crippen molar-refractivity contribution < 1.29 is 18.7 Å². The predicted molar refractivity (Wildman–Crippen MR) is 84.7 cm³/mol. The molecule has 1 aliphatic heterocycles. The quantitative estimate of drug-likeness (QED) is 0.794. The van der Waals surface area contributed by atoms with Crippen molar-refractivity contribution in [2.45, 2.75) is 20.3 Å². The van der Waals surface area contributed by atoms with Crippen LogP contribution >= 0.6 is 0 Å². The molecule has 1 amide bonds. The SMILES string of the molecule is CCOC(=O)CN1CCCN(C(=O)c2cc(F)ccc2C)CC1. The van der Waals surface area contributed by atoms with E-state index in [4.69, 9.17) is 4.74 Å². The summed E-state index contributed by atoms with van der Waals surface area (Å²) in [7, 11) is 0. The largest absolute Gasteiger partial charge is 0.465 e. The molecule has 1 saturated heterocycles. The van der Waals surface area contributed by atoms with Gasteiger partial charge in [-0.2, -0.15) is 0 Å². The first kappa shape index (κ1) is 17.4. The molecule has 23 heavy (non-hydrogen) atoms. The number of esters is 1. The van der Waals surface area contributed by atoms with E-state index < -0.39 is 5.82 Å². The Morgan fingerprint density at radius 1 is 1.22 bits per heavy atom. The molecule has 1 fully saturated rings. The van der Waals surface area contributed by atoms with Crippen molar-refractivity contribution in [1.29, 1.82) is 0 Å². The van der Waals surface area contributed by atoms with Crippen LogP contribution in [0.15, 0.2) is 18.2 Å². The molecule has 6 heteroatoms. The van der Waals surface area contributed by atoms with E-state index in [2.05, 4.69) is 0 Å². The van der Waals surface area contributed by atoms with Gasteiger partial charge < -0.3 is 9.64 Å². The maximum absolute atomic E-state index is 13.4. The number of aryl methyl sites for hydroxylation is 1. The number of carbonyl (C=O) groups excluding carboxylic acids is 2. The molecule has 5 nitrogen and oxygen atoms in total. The minimum atomic E-state index is -0.405. The molecule has 0 saturated carbocycles. The number of hydrogen-bond donors (Lipinski definition) is 0. The number of amides is 1. The van der Waals surface area contributed by atoms with E-state index >= 15 is 0 Å². The summed E-state index contributed by atoms with van der Waals surface area (Å²) < 4.78 is 18.4. The fourth-order valence-electron chi connectivity index (χ4n) is 2.72. The second kappa shape index (κ2) is 8.06. The molecule has 0 aromatic heterocycles. The van der Waals surface area contributed by atoms with Gasteiger partial charge in [0.25, 0.3) is 5.91 Å². The maximum atomic E-state index is 13.4. The molecule has 0 atom stereocenters. The summed E-state index contributed by atoms with van der Waals surface area (Å²) in [5.41, 5.74) is 1.17. The number of nitrogens with zero attached hydrogens (tertiary/aromatic N) is 2. The number of benzene rings is 1. The zero-order valence-electron chi connectivity index (χ0n) is 13.7. The molecule has 0 spiro atoms. The van der Waals surface area contributed by atoms with Crippen LogP contribution in [0.2, 0.25) is 0 Å². The number of rotatable bonds is 4. The van der Waals surface area contributed by atoms with E-state index in [1.807, 2.05) is 4.90 Å². The van der Waals surface area contributed by atoms with Crippen LogP contribution in [-0.4, -0.2) is 61.0 Å². The third-order valence-electron chi connectivity index (χ3n) is 3.96. The van der Waals surface area contributed by atoms with Crippen LogP contribution in [0.4, 0.5) is 4.39 Å². The average Bonchev–Trinajstić information content (AvgIpc) is 2.75. The van der Waals surface area contributed by atoms with Gasteiger partial charge in [0.2, 0.25) is 0 Å². The van der Waals surface area contributed by atoms with E-state index in [0.29, 0.717) is 31.8 Å². The average molecular weight is 322 g/mol. The lowest BCUT2D eigenvalue weighted by atomic mass is 10.1. The number of halogens is 1. The van der Waals surface area contributed by atoms with Gasteiger partial charge in [-0.1, -0.05) is 6.07 Å². The Morgan fingerprint density at radius 2 is 2.00 bits per heavy atom. The van der Waals surface area contributed by atoms with E-state index in [9.17, 15) is 14.0 Å². The highest BCUT2D eigenvalue weighted by Crippen LogP contribution is 2.15. The summed E-state index contributed by atoms with van der Waals surface area (Å²) in [6.07, 6.45) is 0.777. The Labute approximate surface area is 136 Å². The predicted octanol–water partition coefficient (Wildman–Crippen LogP) is 1.85. The summed E-state index contributed by atoms with van der Waals surface area (Å²) in [5, 5.41) is 0. The third kappa shape index (κ3) is 4.76. The van der Waals surface area contributed by atoms with Crippen LogP contribution in [0.3, 0.4) is 0 Å². The number of ether oxygens (including phenoxy) is 1. The molecule has 0 N–H and O–H groups in total. The lowest BCUT2D eigenvalue weighted by Crippen LogP contribution is -2.37. The molecule has 1 aromatic carbocycles. The number of hydrogen-bond acceptors (Lipinski definition) is 4. The highest BCUT2D eigenvalue weighted by Gasteiger charge is 2.22. The minimum absolute atomic E-state index is 0.153. The summed E-state index contributed by atoms with van der Waals surface area (Å²) in [6.45, 7) is 6.68. The topological polar surface area (TPSA) is 49.9 Å². The van der Waals surface area contributed by atoms with Gasteiger partial charge in [0.1, 0.15) is 5.82 Å².